The first-order valence-electron chi connectivity index (χ1n) is 7.84. The van der Waals surface area contributed by atoms with Gasteiger partial charge in [-0.1, -0.05) is 6.92 Å². The maximum absolute atomic E-state index is 11.5. The lowest BCUT2D eigenvalue weighted by molar-refractivity contribution is -0.128. The van der Waals surface area contributed by atoms with E-state index >= 15 is 0 Å². The zero-order chi connectivity index (χ0) is 17.3. The van der Waals surface area contributed by atoms with Crippen LogP contribution in [0.4, 0.5) is 0 Å². The number of ether oxygens (including phenoxy) is 4. The number of amides is 2. The molecule has 8 heteroatoms. The SMILES string of the molecule is CCCNC(=O)COCCCNC(=O)COCC(COC)OC. The van der Waals surface area contributed by atoms with Gasteiger partial charge in [0.1, 0.15) is 19.3 Å². The van der Waals surface area contributed by atoms with Crippen molar-refractivity contribution in [2.75, 3.05) is 60.3 Å². The Labute approximate surface area is 138 Å². The molecule has 0 aliphatic rings. The molecule has 0 aromatic heterocycles. The molecular formula is C15H30N2O6. The molecule has 2 N–H and O–H groups in total. The van der Waals surface area contributed by atoms with Crippen LogP contribution >= 0.6 is 0 Å². The van der Waals surface area contributed by atoms with Gasteiger partial charge in [-0.3, -0.25) is 9.59 Å². The Hall–Kier alpha value is -1.22. The monoisotopic (exact) mass is 334 g/mol. The summed E-state index contributed by atoms with van der Waals surface area (Å²) in [6.07, 6.45) is 1.35. The molecule has 0 aromatic carbocycles. The van der Waals surface area contributed by atoms with Gasteiger partial charge in [-0.15, -0.1) is 0 Å². The van der Waals surface area contributed by atoms with Gasteiger partial charge < -0.3 is 29.6 Å². The van der Waals surface area contributed by atoms with Gasteiger partial charge in [0.25, 0.3) is 0 Å². The van der Waals surface area contributed by atoms with Crippen LogP contribution in [0.3, 0.4) is 0 Å². The number of methoxy groups -OCH3 is 2. The highest BCUT2D eigenvalue weighted by atomic mass is 16.5. The fraction of sp³-hybridized carbons (Fsp3) is 0.867. The summed E-state index contributed by atoms with van der Waals surface area (Å²) in [5.41, 5.74) is 0. The van der Waals surface area contributed by atoms with E-state index in [1.54, 1.807) is 14.2 Å². The fourth-order valence-corrected chi connectivity index (χ4v) is 1.59. The quantitative estimate of drug-likeness (QED) is 0.400. The maximum Gasteiger partial charge on any atom is 0.246 e. The largest absolute Gasteiger partial charge is 0.382 e. The lowest BCUT2D eigenvalue weighted by Crippen LogP contribution is -2.32. The van der Waals surface area contributed by atoms with Crippen molar-refractivity contribution in [1.82, 2.24) is 10.6 Å². The fourth-order valence-electron chi connectivity index (χ4n) is 1.59. The molecule has 0 spiro atoms. The van der Waals surface area contributed by atoms with Crippen molar-refractivity contribution in [3.63, 3.8) is 0 Å². The van der Waals surface area contributed by atoms with Crippen LogP contribution in [0.1, 0.15) is 19.8 Å². The molecule has 0 aromatic rings. The van der Waals surface area contributed by atoms with Crippen LogP contribution < -0.4 is 10.6 Å². The number of rotatable bonds is 15. The standard InChI is InChI=1S/C15H30N2O6/c1-4-6-16-14(18)11-22-8-5-7-17-15(19)12-23-10-13(21-3)9-20-2/h13H,4-12H2,1-3H3,(H,16,18)(H,17,19). The molecule has 0 aliphatic heterocycles. The van der Waals surface area contributed by atoms with E-state index in [0.29, 0.717) is 39.3 Å². The summed E-state index contributed by atoms with van der Waals surface area (Å²) in [4.78, 5) is 22.8. The van der Waals surface area contributed by atoms with Crippen LogP contribution in [0.25, 0.3) is 0 Å². The van der Waals surface area contributed by atoms with Crippen LogP contribution in [-0.4, -0.2) is 78.3 Å². The minimum absolute atomic E-state index is 0.0240. The number of nitrogens with one attached hydrogen (secondary N) is 2. The zero-order valence-electron chi connectivity index (χ0n) is 14.4. The summed E-state index contributed by atoms with van der Waals surface area (Å²) < 4.78 is 20.5. The van der Waals surface area contributed by atoms with Crippen molar-refractivity contribution >= 4 is 11.8 Å². The lowest BCUT2D eigenvalue weighted by atomic mass is 10.4. The van der Waals surface area contributed by atoms with Crippen LogP contribution in [0.5, 0.6) is 0 Å². The maximum atomic E-state index is 11.5. The van der Waals surface area contributed by atoms with E-state index in [9.17, 15) is 9.59 Å². The summed E-state index contributed by atoms with van der Waals surface area (Å²) in [5.74, 6) is -0.314. The molecule has 0 fully saturated rings. The van der Waals surface area contributed by atoms with Gasteiger partial charge in [-0.25, -0.2) is 0 Å². The summed E-state index contributed by atoms with van der Waals surface area (Å²) in [5, 5.41) is 5.43. The average molecular weight is 334 g/mol. The molecular weight excluding hydrogens is 304 g/mol. The Balaban J connectivity index is 3.44. The zero-order valence-corrected chi connectivity index (χ0v) is 14.4. The van der Waals surface area contributed by atoms with Crippen molar-refractivity contribution in [1.29, 1.82) is 0 Å². The van der Waals surface area contributed by atoms with Gasteiger partial charge >= 0.3 is 0 Å². The van der Waals surface area contributed by atoms with E-state index in [1.807, 2.05) is 6.92 Å². The second-order valence-electron chi connectivity index (χ2n) is 4.93. The summed E-state index contributed by atoms with van der Waals surface area (Å²) in [6, 6.07) is 0. The topological polar surface area (TPSA) is 95.1 Å². The number of carbonyl (C=O) groups is 2. The Bertz CT molecular complexity index is 314. The molecule has 0 saturated carbocycles. The van der Waals surface area contributed by atoms with E-state index in [2.05, 4.69) is 10.6 Å². The number of hydrogen-bond donors (Lipinski definition) is 2. The molecule has 0 rings (SSSR count). The van der Waals surface area contributed by atoms with Crippen molar-refractivity contribution in [3.8, 4) is 0 Å². The van der Waals surface area contributed by atoms with Crippen LogP contribution in [-0.2, 0) is 28.5 Å². The number of carbonyl (C=O) groups excluding carboxylic acids is 2. The minimum Gasteiger partial charge on any atom is -0.382 e. The van der Waals surface area contributed by atoms with E-state index in [0.717, 1.165) is 6.42 Å². The molecule has 2 amide bonds. The van der Waals surface area contributed by atoms with E-state index < -0.39 is 0 Å². The summed E-state index contributed by atoms with van der Waals surface area (Å²) in [7, 11) is 3.14. The molecule has 0 bridgehead atoms. The first-order chi connectivity index (χ1) is 11.1. The highest BCUT2D eigenvalue weighted by Gasteiger charge is 2.08. The van der Waals surface area contributed by atoms with E-state index in [1.165, 1.54) is 0 Å². The van der Waals surface area contributed by atoms with Crippen molar-refractivity contribution in [2.24, 2.45) is 0 Å². The normalized spacial score (nSPS) is 12.0. The van der Waals surface area contributed by atoms with E-state index in [-0.39, 0.29) is 31.1 Å². The smallest absolute Gasteiger partial charge is 0.246 e. The third-order valence-electron chi connectivity index (χ3n) is 2.82. The van der Waals surface area contributed by atoms with Crippen molar-refractivity contribution in [2.45, 2.75) is 25.9 Å². The highest BCUT2D eigenvalue weighted by Crippen LogP contribution is 1.92. The van der Waals surface area contributed by atoms with Gasteiger partial charge in [0, 0.05) is 33.9 Å². The van der Waals surface area contributed by atoms with Gasteiger partial charge in [0.15, 0.2) is 0 Å². The Kier molecular flexibility index (Phi) is 14.8. The Morgan fingerprint density at radius 1 is 0.957 bits per heavy atom. The third-order valence-corrected chi connectivity index (χ3v) is 2.82. The second-order valence-corrected chi connectivity index (χ2v) is 4.93. The van der Waals surface area contributed by atoms with Gasteiger partial charge in [0.05, 0.1) is 13.2 Å². The lowest BCUT2D eigenvalue weighted by Gasteiger charge is -2.14. The van der Waals surface area contributed by atoms with Gasteiger partial charge in [-0.05, 0) is 12.8 Å². The van der Waals surface area contributed by atoms with Gasteiger partial charge in [0.2, 0.25) is 11.8 Å². The van der Waals surface area contributed by atoms with Crippen molar-refractivity contribution < 1.29 is 28.5 Å². The first-order valence-corrected chi connectivity index (χ1v) is 7.84. The molecule has 0 saturated heterocycles. The van der Waals surface area contributed by atoms with Gasteiger partial charge in [-0.2, -0.15) is 0 Å². The molecule has 0 aliphatic carbocycles. The molecule has 136 valence electrons. The Morgan fingerprint density at radius 2 is 1.61 bits per heavy atom. The average Bonchev–Trinajstić information content (AvgIpc) is 2.55. The molecule has 23 heavy (non-hydrogen) atoms. The predicted octanol–water partition coefficient (Wildman–Crippen LogP) is -0.286. The summed E-state index contributed by atoms with van der Waals surface area (Å²) >= 11 is 0. The van der Waals surface area contributed by atoms with Crippen LogP contribution in [0, 0.1) is 0 Å². The molecule has 8 nitrogen and oxygen atoms in total. The first kappa shape index (κ1) is 21.8. The third kappa shape index (κ3) is 14.1. The van der Waals surface area contributed by atoms with Crippen LogP contribution in [0.15, 0.2) is 0 Å². The number of hydrogen-bond acceptors (Lipinski definition) is 6. The van der Waals surface area contributed by atoms with Crippen molar-refractivity contribution in [3.05, 3.63) is 0 Å². The second kappa shape index (κ2) is 15.7. The Morgan fingerprint density at radius 3 is 2.22 bits per heavy atom. The van der Waals surface area contributed by atoms with Crippen LogP contribution in [0.2, 0.25) is 0 Å². The predicted molar refractivity (Wildman–Crippen MR) is 85.2 cm³/mol. The molecule has 0 radical (unpaired) electrons. The van der Waals surface area contributed by atoms with E-state index in [4.69, 9.17) is 18.9 Å². The minimum atomic E-state index is -0.196. The summed E-state index contributed by atoms with van der Waals surface area (Å²) in [6.45, 7) is 4.28. The molecule has 0 heterocycles. The molecule has 1 unspecified atom stereocenters. The highest BCUT2D eigenvalue weighted by molar-refractivity contribution is 5.77. The molecule has 1 atom stereocenters.